The minimum Gasteiger partial charge on any atom is -0.355 e. The van der Waals surface area contributed by atoms with Crippen molar-refractivity contribution in [3.05, 3.63) is 42.2 Å². The number of aryl methyl sites for hydroxylation is 1. The Labute approximate surface area is 128 Å². The molecule has 1 atom stereocenters. The lowest BCUT2D eigenvalue weighted by Gasteiger charge is -2.31. The van der Waals surface area contributed by atoms with E-state index in [0.717, 1.165) is 48.7 Å². The van der Waals surface area contributed by atoms with E-state index in [1.165, 1.54) is 0 Å². The summed E-state index contributed by atoms with van der Waals surface area (Å²) in [5, 5.41) is 3.90. The van der Waals surface area contributed by atoms with Crippen LogP contribution in [0.25, 0.3) is 11.0 Å². The second kappa shape index (κ2) is 5.36. The second-order valence-electron chi connectivity index (χ2n) is 5.68. The third kappa shape index (κ3) is 2.41. The van der Waals surface area contributed by atoms with Gasteiger partial charge < -0.3 is 9.42 Å². The highest BCUT2D eigenvalue weighted by atomic mass is 16.5. The average Bonchev–Trinajstić information content (AvgIpc) is 3.01. The molecule has 112 valence electrons. The highest BCUT2D eigenvalue weighted by Gasteiger charge is 2.26. The predicted octanol–water partition coefficient (Wildman–Crippen LogP) is 2.71. The summed E-state index contributed by atoms with van der Waals surface area (Å²) in [6, 6.07) is 7.94. The summed E-state index contributed by atoms with van der Waals surface area (Å²) in [6.45, 7) is 3.67. The monoisotopic (exact) mass is 295 g/mol. The number of benzene rings is 1. The van der Waals surface area contributed by atoms with Crippen LogP contribution in [-0.2, 0) is 0 Å². The normalized spacial score (nSPS) is 18.8. The van der Waals surface area contributed by atoms with Crippen molar-refractivity contribution < 1.29 is 4.52 Å². The van der Waals surface area contributed by atoms with Crippen LogP contribution in [0.1, 0.15) is 30.5 Å². The van der Waals surface area contributed by atoms with Crippen molar-refractivity contribution in [3.8, 4) is 0 Å². The Morgan fingerprint density at radius 3 is 2.86 bits per heavy atom. The molecule has 22 heavy (non-hydrogen) atoms. The summed E-state index contributed by atoms with van der Waals surface area (Å²) in [6.07, 6.45) is 4.00. The van der Waals surface area contributed by atoms with Gasteiger partial charge in [0.15, 0.2) is 5.82 Å². The van der Waals surface area contributed by atoms with Gasteiger partial charge in [0.05, 0.1) is 23.1 Å². The van der Waals surface area contributed by atoms with Gasteiger partial charge in [-0.1, -0.05) is 17.3 Å². The minimum atomic E-state index is 0.267. The maximum Gasteiger partial charge on any atom is 0.231 e. The van der Waals surface area contributed by atoms with Crippen LogP contribution in [0, 0.1) is 6.92 Å². The van der Waals surface area contributed by atoms with Crippen LogP contribution in [-0.4, -0.2) is 33.2 Å². The van der Waals surface area contributed by atoms with Crippen LogP contribution in [0.15, 0.2) is 35.0 Å². The fraction of sp³-hybridized carbons (Fsp3) is 0.375. The van der Waals surface area contributed by atoms with Gasteiger partial charge in [0.25, 0.3) is 0 Å². The Balaban J connectivity index is 1.60. The van der Waals surface area contributed by atoms with Gasteiger partial charge in [-0.3, -0.25) is 4.98 Å². The van der Waals surface area contributed by atoms with E-state index in [0.29, 0.717) is 5.82 Å². The number of fused-ring (bicyclic) bond motifs is 1. The summed E-state index contributed by atoms with van der Waals surface area (Å²) < 4.78 is 5.33. The Kier molecular flexibility index (Phi) is 3.21. The van der Waals surface area contributed by atoms with Gasteiger partial charge in [0.1, 0.15) is 5.82 Å². The van der Waals surface area contributed by atoms with Gasteiger partial charge in [-0.15, -0.1) is 0 Å². The average molecular weight is 295 g/mol. The Hall–Kier alpha value is -2.50. The molecule has 3 aromatic rings. The third-order valence-corrected chi connectivity index (χ3v) is 4.07. The van der Waals surface area contributed by atoms with Crippen LogP contribution in [0.3, 0.4) is 0 Å². The number of anilines is 1. The van der Waals surface area contributed by atoms with Crippen molar-refractivity contribution in [1.82, 2.24) is 20.1 Å². The maximum atomic E-state index is 5.33. The molecular formula is C16H17N5O. The number of rotatable bonds is 2. The zero-order valence-corrected chi connectivity index (χ0v) is 12.4. The Morgan fingerprint density at radius 1 is 1.18 bits per heavy atom. The van der Waals surface area contributed by atoms with Crippen molar-refractivity contribution in [3.63, 3.8) is 0 Å². The molecule has 2 aromatic heterocycles. The number of aromatic nitrogens is 4. The van der Waals surface area contributed by atoms with E-state index >= 15 is 0 Å². The Morgan fingerprint density at radius 2 is 2.05 bits per heavy atom. The molecule has 0 amide bonds. The molecule has 1 fully saturated rings. The molecule has 0 radical (unpaired) electrons. The molecule has 0 spiro atoms. The molecule has 0 N–H and O–H groups in total. The zero-order valence-electron chi connectivity index (χ0n) is 12.4. The van der Waals surface area contributed by atoms with E-state index < -0.39 is 0 Å². The van der Waals surface area contributed by atoms with Gasteiger partial charge in [-0.25, -0.2) is 4.98 Å². The molecule has 0 unspecified atom stereocenters. The zero-order chi connectivity index (χ0) is 14.9. The van der Waals surface area contributed by atoms with Gasteiger partial charge in [0.2, 0.25) is 5.89 Å². The van der Waals surface area contributed by atoms with E-state index in [-0.39, 0.29) is 5.92 Å². The lowest BCUT2D eigenvalue weighted by molar-refractivity contribution is 0.331. The highest BCUT2D eigenvalue weighted by molar-refractivity contribution is 5.75. The first-order valence-corrected chi connectivity index (χ1v) is 7.56. The molecule has 0 aliphatic carbocycles. The first-order chi connectivity index (χ1) is 10.8. The van der Waals surface area contributed by atoms with Crippen LogP contribution in [0.2, 0.25) is 0 Å². The number of piperidine rings is 1. The largest absolute Gasteiger partial charge is 0.355 e. The van der Waals surface area contributed by atoms with Crippen molar-refractivity contribution in [2.45, 2.75) is 25.7 Å². The standard InChI is InChI=1S/C16H17N5O/c1-11-18-16(22-20-11)12-5-4-8-21(10-12)15-9-17-13-6-2-3-7-14(13)19-15/h2-3,6-7,9,12H,4-5,8,10H2,1H3/t12-/m1/s1. The van der Waals surface area contributed by atoms with Crippen LogP contribution >= 0.6 is 0 Å². The molecule has 1 saturated heterocycles. The SMILES string of the molecule is Cc1noc([C@@H]2CCCN(c3cnc4ccccc4n3)C2)n1. The highest BCUT2D eigenvalue weighted by Crippen LogP contribution is 2.28. The molecule has 1 aliphatic rings. The molecule has 6 heteroatoms. The fourth-order valence-electron chi connectivity index (χ4n) is 2.97. The maximum absolute atomic E-state index is 5.33. The minimum absolute atomic E-state index is 0.267. The quantitative estimate of drug-likeness (QED) is 0.724. The first kappa shape index (κ1) is 13.2. The number of hydrogen-bond acceptors (Lipinski definition) is 6. The third-order valence-electron chi connectivity index (χ3n) is 4.07. The number of para-hydroxylation sites is 2. The summed E-state index contributed by atoms with van der Waals surface area (Å²) >= 11 is 0. The molecule has 4 rings (SSSR count). The Bertz CT molecular complexity index is 800. The fourth-order valence-corrected chi connectivity index (χ4v) is 2.97. The van der Waals surface area contributed by atoms with Crippen molar-refractivity contribution >= 4 is 16.9 Å². The van der Waals surface area contributed by atoms with Crippen LogP contribution < -0.4 is 4.90 Å². The van der Waals surface area contributed by atoms with E-state index in [1.54, 1.807) is 0 Å². The molecule has 3 heterocycles. The van der Waals surface area contributed by atoms with E-state index in [1.807, 2.05) is 37.4 Å². The summed E-state index contributed by atoms with van der Waals surface area (Å²) in [4.78, 5) is 15.9. The molecule has 0 bridgehead atoms. The van der Waals surface area contributed by atoms with Gasteiger partial charge in [-0.2, -0.15) is 4.98 Å². The van der Waals surface area contributed by atoms with Crippen LogP contribution in [0.5, 0.6) is 0 Å². The first-order valence-electron chi connectivity index (χ1n) is 7.56. The molecular weight excluding hydrogens is 278 g/mol. The lowest BCUT2D eigenvalue weighted by Crippen LogP contribution is -2.35. The molecule has 1 aromatic carbocycles. The summed E-state index contributed by atoms with van der Waals surface area (Å²) in [5.41, 5.74) is 1.85. The van der Waals surface area contributed by atoms with E-state index in [2.05, 4.69) is 20.0 Å². The second-order valence-corrected chi connectivity index (χ2v) is 5.68. The number of hydrogen-bond donors (Lipinski definition) is 0. The predicted molar refractivity (Wildman–Crippen MR) is 82.8 cm³/mol. The van der Waals surface area contributed by atoms with Crippen molar-refractivity contribution in [2.24, 2.45) is 0 Å². The smallest absolute Gasteiger partial charge is 0.231 e. The van der Waals surface area contributed by atoms with Gasteiger partial charge in [0, 0.05) is 13.1 Å². The molecule has 1 aliphatic heterocycles. The summed E-state index contributed by atoms with van der Waals surface area (Å²) in [5.74, 6) is 2.61. The number of nitrogens with zero attached hydrogens (tertiary/aromatic N) is 5. The molecule has 6 nitrogen and oxygen atoms in total. The van der Waals surface area contributed by atoms with Crippen LogP contribution in [0.4, 0.5) is 5.82 Å². The lowest BCUT2D eigenvalue weighted by atomic mass is 9.98. The summed E-state index contributed by atoms with van der Waals surface area (Å²) in [7, 11) is 0. The van der Waals surface area contributed by atoms with Gasteiger partial charge in [-0.05, 0) is 31.9 Å². The van der Waals surface area contributed by atoms with Crippen molar-refractivity contribution in [2.75, 3.05) is 18.0 Å². The topological polar surface area (TPSA) is 67.9 Å². The van der Waals surface area contributed by atoms with Gasteiger partial charge >= 0.3 is 0 Å². The van der Waals surface area contributed by atoms with Crippen molar-refractivity contribution in [1.29, 1.82) is 0 Å². The molecule has 0 saturated carbocycles. The van der Waals surface area contributed by atoms with E-state index in [4.69, 9.17) is 9.51 Å². The van der Waals surface area contributed by atoms with E-state index in [9.17, 15) is 0 Å².